The van der Waals surface area contributed by atoms with Crippen LogP contribution in [0.3, 0.4) is 0 Å². The predicted octanol–water partition coefficient (Wildman–Crippen LogP) is 7.46. The summed E-state index contributed by atoms with van der Waals surface area (Å²) >= 11 is 0. The molecule has 0 aliphatic heterocycles. The van der Waals surface area contributed by atoms with Crippen LogP contribution in [0.1, 0.15) is 129 Å². The SMILES string of the molecule is CCCCCCCCCCCCCCCCC/C=C/CCCC(N)=O. The third kappa shape index (κ3) is 23.2. The third-order valence-electron chi connectivity index (χ3n) is 4.93. The molecule has 0 atom stereocenters. The van der Waals surface area contributed by atoms with E-state index in [1.807, 2.05) is 0 Å². The molecule has 25 heavy (non-hydrogen) atoms. The molecule has 148 valence electrons. The molecule has 0 aromatic heterocycles. The van der Waals surface area contributed by atoms with Crippen molar-refractivity contribution in [3.05, 3.63) is 12.2 Å². The van der Waals surface area contributed by atoms with E-state index in [2.05, 4.69) is 19.1 Å². The molecule has 0 fully saturated rings. The number of carbonyl (C=O) groups excluding carboxylic acids is 1. The number of amides is 1. The van der Waals surface area contributed by atoms with Gasteiger partial charge in [-0.1, -0.05) is 109 Å². The molecule has 0 unspecified atom stereocenters. The van der Waals surface area contributed by atoms with Crippen LogP contribution in [0.15, 0.2) is 12.2 Å². The summed E-state index contributed by atoms with van der Waals surface area (Å²) < 4.78 is 0. The Morgan fingerprint density at radius 2 is 0.960 bits per heavy atom. The maximum atomic E-state index is 10.6. The summed E-state index contributed by atoms with van der Waals surface area (Å²) in [6.45, 7) is 2.29. The van der Waals surface area contributed by atoms with E-state index >= 15 is 0 Å². The summed E-state index contributed by atoms with van der Waals surface area (Å²) in [5, 5.41) is 0. The van der Waals surface area contributed by atoms with Gasteiger partial charge in [-0.05, 0) is 25.7 Å². The van der Waals surface area contributed by atoms with Crippen LogP contribution in [-0.2, 0) is 4.79 Å². The standard InChI is InChI=1S/C23H45NO/c1-2-3-4-5-6-7-8-9-10-11-12-13-14-15-16-17-18-19-20-21-22-23(24)25/h18-19H,2-17,20-22H2,1H3,(H2,24,25)/b19-18+. The van der Waals surface area contributed by atoms with Gasteiger partial charge in [0.25, 0.3) is 0 Å². The van der Waals surface area contributed by atoms with Gasteiger partial charge >= 0.3 is 0 Å². The molecular formula is C23H45NO. The zero-order chi connectivity index (χ0) is 18.4. The summed E-state index contributed by atoms with van der Waals surface area (Å²) in [5.41, 5.74) is 5.11. The Labute approximate surface area is 158 Å². The Bertz CT molecular complexity index is 298. The number of unbranched alkanes of at least 4 members (excludes halogenated alkanes) is 16. The van der Waals surface area contributed by atoms with Gasteiger partial charge in [0.05, 0.1) is 0 Å². The zero-order valence-electron chi connectivity index (χ0n) is 17.1. The largest absolute Gasteiger partial charge is 0.370 e. The van der Waals surface area contributed by atoms with Gasteiger partial charge in [0.1, 0.15) is 0 Å². The van der Waals surface area contributed by atoms with Crippen LogP contribution in [0.4, 0.5) is 0 Å². The lowest BCUT2D eigenvalue weighted by molar-refractivity contribution is -0.118. The number of hydrogen-bond acceptors (Lipinski definition) is 1. The monoisotopic (exact) mass is 351 g/mol. The molecule has 2 heteroatoms. The second-order valence-electron chi connectivity index (χ2n) is 7.57. The summed E-state index contributed by atoms with van der Waals surface area (Å²) in [4.78, 5) is 10.6. The smallest absolute Gasteiger partial charge is 0.217 e. The van der Waals surface area contributed by atoms with E-state index in [-0.39, 0.29) is 5.91 Å². The van der Waals surface area contributed by atoms with E-state index in [0.29, 0.717) is 6.42 Å². The van der Waals surface area contributed by atoms with Crippen molar-refractivity contribution >= 4 is 5.91 Å². The van der Waals surface area contributed by atoms with Crippen LogP contribution in [-0.4, -0.2) is 5.91 Å². The lowest BCUT2D eigenvalue weighted by atomic mass is 10.0. The first-order chi connectivity index (χ1) is 12.3. The van der Waals surface area contributed by atoms with Gasteiger partial charge in [-0.15, -0.1) is 0 Å². The summed E-state index contributed by atoms with van der Waals surface area (Å²) in [6.07, 6.45) is 29.4. The van der Waals surface area contributed by atoms with E-state index in [1.54, 1.807) is 0 Å². The second-order valence-corrected chi connectivity index (χ2v) is 7.57. The Kier molecular flexibility index (Phi) is 20.6. The highest BCUT2D eigenvalue weighted by Gasteiger charge is 1.94. The van der Waals surface area contributed by atoms with E-state index in [9.17, 15) is 4.79 Å². The number of carbonyl (C=O) groups is 1. The van der Waals surface area contributed by atoms with Crippen molar-refractivity contribution in [1.82, 2.24) is 0 Å². The fraction of sp³-hybridized carbons (Fsp3) is 0.870. The molecule has 0 aromatic rings. The fourth-order valence-corrected chi connectivity index (χ4v) is 3.26. The minimum absolute atomic E-state index is 0.184. The van der Waals surface area contributed by atoms with Crippen LogP contribution in [0.2, 0.25) is 0 Å². The molecule has 0 saturated heterocycles. The van der Waals surface area contributed by atoms with Crippen LogP contribution in [0, 0.1) is 0 Å². The van der Waals surface area contributed by atoms with Crippen molar-refractivity contribution in [2.45, 2.75) is 129 Å². The number of allylic oxidation sites excluding steroid dienone is 2. The van der Waals surface area contributed by atoms with Gasteiger partial charge in [0.15, 0.2) is 0 Å². The van der Waals surface area contributed by atoms with Gasteiger partial charge < -0.3 is 5.73 Å². The van der Waals surface area contributed by atoms with Crippen molar-refractivity contribution < 1.29 is 4.79 Å². The van der Waals surface area contributed by atoms with Crippen molar-refractivity contribution in [3.8, 4) is 0 Å². The highest BCUT2D eigenvalue weighted by atomic mass is 16.1. The lowest BCUT2D eigenvalue weighted by Gasteiger charge is -2.03. The Balaban J connectivity index is 3.05. The third-order valence-corrected chi connectivity index (χ3v) is 4.93. The molecule has 0 aromatic carbocycles. The summed E-state index contributed by atoms with van der Waals surface area (Å²) in [5.74, 6) is -0.184. The molecule has 2 N–H and O–H groups in total. The van der Waals surface area contributed by atoms with Crippen molar-refractivity contribution in [2.24, 2.45) is 5.73 Å². The summed E-state index contributed by atoms with van der Waals surface area (Å²) in [7, 11) is 0. The molecule has 1 amide bonds. The van der Waals surface area contributed by atoms with Crippen LogP contribution < -0.4 is 5.73 Å². The minimum Gasteiger partial charge on any atom is -0.370 e. The lowest BCUT2D eigenvalue weighted by Crippen LogP contribution is -2.09. The molecule has 0 aliphatic carbocycles. The van der Waals surface area contributed by atoms with Crippen LogP contribution >= 0.6 is 0 Å². The Hall–Kier alpha value is -0.790. The van der Waals surface area contributed by atoms with Gasteiger partial charge in [-0.2, -0.15) is 0 Å². The first-order valence-electron chi connectivity index (χ1n) is 11.2. The fourth-order valence-electron chi connectivity index (χ4n) is 3.26. The van der Waals surface area contributed by atoms with Gasteiger partial charge in [0.2, 0.25) is 5.91 Å². The van der Waals surface area contributed by atoms with Gasteiger partial charge in [-0.3, -0.25) is 4.79 Å². The average molecular weight is 352 g/mol. The molecule has 0 radical (unpaired) electrons. The molecule has 2 nitrogen and oxygen atoms in total. The highest BCUT2D eigenvalue weighted by Crippen LogP contribution is 2.13. The highest BCUT2D eigenvalue weighted by molar-refractivity contribution is 5.73. The van der Waals surface area contributed by atoms with Crippen LogP contribution in [0.25, 0.3) is 0 Å². The van der Waals surface area contributed by atoms with Crippen molar-refractivity contribution in [3.63, 3.8) is 0 Å². The molecule has 0 rings (SSSR count). The number of nitrogens with two attached hydrogens (primary N) is 1. The number of primary amides is 1. The molecule has 0 aliphatic rings. The molecule has 0 spiro atoms. The average Bonchev–Trinajstić information content (AvgIpc) is 2.60. The summed E-state index contributed by atoms with van der Waals surface area (Å²) in [6, 6.07) is 0. The maximum absolute atomic E-state index is 10.6. The van der Waals surface area contributed by atoms with E-state index in [4.69, 9.17) is 5.73 Å². The predicted molar refractivity (Wildman–Crippen MR) is 112 cm³/mol. The molecule has 0 saturated carbocycles. The second kappa shape index (κ2) is 21.3. The normalized spacial score (nSPS) is 11.4. The van der Waals surface area contributed by atoms with E-state index in [1.165, 1.54) is 103 Å². The van der Waals surface area contributed by atoms with Crippen molar-refractivity contribution in [2.75, 3.05) is 0 Å². The molecular weight excluding hydrogens is 306 g/mol. The first-order valence-corrected chi connectivity index (χ1v) is 11.2. The number of hydrogen-bond donors (Lipinski definition) is 1. The molecule has 0 heterocycles. The van der Waals surface area contributed by atoms with Crippen LogP contribution in [0.5, 0.6) is 0 Å². The maximum Gasteiger partial charge on any atom is 0.217 e. The topological polar surface area (TPSA) is 43.1 Å². The quantitative estimate of drug-likeness (QED) is 0.179. The Morgan fingerprint density at radius 3 is 1.36 bits per heavy atom. The van der Waals surface area contributed by atoms with E-state index in [0.717, 1.165) is 12.8 Å². The first kappa shape index (κ1) is 24.2. The zero-order valence-corrected chi connectivity index (χ0v) is 17.1. The minimum atomic E-state index is -0.184. The Morgan fingerprint density at radius 1 is 0.600 bits per heavy atom. The van der Waals surface area contributed by atoms with E-state index < -0.39 is 0 Å². The van der Waals surface area contributed by atoms with Gasteiger partial charge in [-0.25, -0.2) is 0 Å². The molecule has 0 bridgehead atoms. The van der Waals surface area contributed by atoms with Gasteiger partial charge in [0, 0.05) is 6.42 Å². The van der Waals surface area contributed by atoms with Crippen molar-refractivity contribution in [1.29, 1.82) is 0 Å². The number of rotatable bonds is 20.